The van der Waals surface area contributed by atoms with Crippen molar-refractivity contribution >= 4 is 28.9 Å². The summed E-state index contributed by atoms with van der Waals surface area (Å²) in [5, 5.41) is 6.94. The average Bonchev–Trinajstić information content (AvgIpc) is 2.69. The van der Waals surface area contributed by atoms with Gasteiger partial charge in [-0.15, -0.1) is 0 Å². The van der Waals surface area contributed by atoms with Gasteiger partial charge in [-0.3, -0.25) is 9.78 Å². The summed E-state index contributed by atoms with van der Waals surface area (Å²) < 4.78 is 0. The molecule has 0 spiro atoms. The third kappa shape index (κ3) is 4.58. The summed E-state index contributed by atoms with van der Waals surface area (Å²) in [6, 6.07) is 17.0. The second-order valence-electron chi connectivity index (χ2n) is 7.30. The lowest BCUT2D eigenvalue weighted by atomic mass is 9.93. The number of nitrogens with one attached hydrogen (secondary N) is 2. The molecule has 6 heteroatoms. The van der Waals surface area contributed by atoms with Gasteiger partial charge in [-0.25, -0.2) is 0 Å². The molecule has 1 amide bonds. The van der Waals surface area contributed by atoms with Crippen molar-refractivity contribution in [2.45, 2.75) is 31.8 Å². The highest BCUT2D eigenvalue weighted by molar-refractivity contribution is 6.33. The number of rotatable bonds is 6. The third-order valence-corrected chi connectivity index (χ3v) is 5.52. The van der Waals surface area contributed by atoms with E-state index in [-0.39, 0.29) is 5.91 Å². The summed E-state index contributed by atoms with van der Waals surface area (Å²) in [5.41, 5.74) is 10.2. The van der Waals surface area contributed by atoms with Crippen LogP contribution < -0.4 is 16.4 Å². The zero-order valence-corrected chi connectivity index (χ0v) is 16.7. The van der Waals surface area contributed by atoms with E-state index in [0.717, 1.165) is 17.7 Å². The van der Waals surface area contributed by atoms with Crippen LogP contribution in [0.5, 0.6) is 0 Å². The Hall–Kier alpha value is -2.89. The maximum Gasteiger partial charge on any atom is 0.255 e. The first-order valence-corrected chi connectivity index (χ1v) is 10.1. The lowest BCUT2D eigenvalue weighted by Gasteiger charge is -2.26. The van der Waals surface area contributed by atoms with Crippen LogP contribution in [-0.4, -0.2) is 16.9 Å². The van der Waals surface area contributed by atoms with Crippen LogP contribution in [-0.2, 0) is 6.54 Å². The van der Waals surface area contributed by atoms with Crippen LogP contribution in [0.3, 0.4) is 0 Å². The molecule has 5 nitrogen and oxygen atoms in total. The fourth-order valence-electron chi connectivity index (χ4n) is 3.25. The van der Waals surface area contributed by atoms with Crippen molar-refractivity contribution in [3.8, 4) is 11.3 Å². The molecule has 0 bridgehead atoms. The highest BCUT2D eigenvalue weighted by Gasteiger charge is 2.16. The number of pyridine rings is 1. The Morgan fingerprint density at radius 2 is 1.90 bits per heavy atom. The van der Waals surface area contributed by atoms with E-state index in [1.807, 2.05) is 36.5 Å². The molecule has 1 heterocycles. The molecule has 0 saturated heterocycles. The van der Waals surface area contributed by atoms with E-state index >= 15 is 0 Å². The molecular weight excluding hydrogens is 384 g/mol. The topological polar surface area (TPSA) is 80.0 Å². The molecule has 148 valence electrons. The van der Waals surface area contributed by atoms with Crippen molar-refractivity contribution in [3.63, 3.8) is 0 Å². The highest BCUT2D eigenvalue weighted by Crippen LogP contribution is 2.27. The predicted molar refractivity (Wildman–Crippen MR) is 118 cm³/mol. The summed E-state index contributed by atoms with van der Waals surface area (Å²) in [6.45, 7) is 0.777. The van der Waals surface area contributed by atoms with E-state index in [2.05, 4.69) is 15.6 Å². The van der Waals surface area contributed by atoms with E-state index in [4.69, 9.17) is 17.3 Å². The summed E-state index contributed by atoms with van der Waals surface area (Å²) in [5.74, 6) is -0.217. The Kier molecular flexibility index (Phi) is 5.79. The van der Waals surface area contributed by atoms with Gasteiger partial charge in [0, 0.05) is 29.9 Å². The van der Waals surface area contributed by atoms with E-state index in [0.29, 0.717) is 33.7 Å². The van der Waals surface area contributed by atoms with Gasteiger partial charge >= 0.3 is 0 Å². The van der Waals surface area contributed by atoms with Gasteiger partial charge in [0.1, 0.15) is 0 Å². The van der Waals surface area contributed by atoms with E-state index in [1.54, 1.807) is 24.3 Å². The van der Waals surface area contributed by atoms with Gasteiger partial charge in [0.25, 0.3) is 5.91 Å². The van der Waals surface area contributed by atoms with E-state index in [9.17, 15) is 4.79 Å². The van der Waals surface area contributed by atoms with E-state index in [1.165, 1.54) is 19.3 Å². The molecular formula is C23H23ClN4O. The Morgan fingerprint density at radius 1 is 1.14 bits per heavy atom. The van der Waals surface area contributed by atoms with Crippen LogP contribution in [0.2, 0.25) is 5.02 Å². The molecule has 0 aliphatic heterocycles. The quantitative estimate of drug-likeness (QED) is 0.510. The van der Waals surface area contributed by atoms with Crippen molar-refractivity contribution < 1.29 is 4.79 Å². The number of carbonyl (C=O) groups excluding carboxylic acids is 1. The number of hydrogen-bond donors (Lipinski definition) is 3. The predicted octanol–water partition coefficient (Wildman–Crippen LogP) is 4.88. The monoisotopic (exact) mass is 406 g/mol. The number of amides is 1. The van der Waals surface area contributed by atoms with Crippen LogP contribution in [0.1, 0.15) is 35.2 Å². The molecule has 1 aromatic heterocycles. The largest absolute Gasteiger partial charge is 0.397 e. The average molecular weight is 407 g/mol. The standard InChI is InChI=1S/C23H23ClN4O/c24-19-12-15(13-26-18-4-3-5-18)14-27-22(19)16-8-10-17(11-9-16)23(29)28-21-7-2-1-6-20(21)25/h1-2,6-12,14,18,26H,3-5,13,25H2,(H,28,29). The summed E-state index contributed by atoms with van der Waals surface area (Å²) >= 11 is 6.47. The minimum absolute atomic E-state index is 0.217. The normalized spacial score (nSPS) is 13.7. The summed E-state index contributed by atoms with van der Waals surface area (Å²) in [7, 11) is 0. The van der Waals surface area contributed by atoms with Crippen LogP contribution in [0.25, 0.3) is 11.3 Å². The molecule has 1 aliphatic rings. The second-order valence-corrected chi connectivity index (χ2v) is 7.71. The smallest absolute Gasteiger partial charge is 0.255 e. The van der Waals surface area contributed by atoms with Gasteiger partial charge < -0.3 is 16.4 Å². The number of carbonyl (C=O) groups is 1. The molecule has 2 aromatic carbocycles. The minimum atomic E-state index is -0.217. The van der Waals surface area contributed by atoms with Crippen LogP contribution in [0, 0.1) is 0 Å². The number of nitrogens with zero attached hydrogens (tertiary/aromatic N) is 1. The van der Waals surface area contributed by atoms with Crippen molar-refractivity contribution in [1.29, 1.82) is 0 Å². The number of benzene rings is 2. The van der Waals surface area contributed by atoms with Gasteiger partial charge in [0.15, 0.2) is 0 Å². The van der Waals surface area contributed by atoms with Crippen molar-refractivity contribution in [2.24, 2.45) is 0 Å². The molecule has 1 fully saturated rings. The number of nitrogens with two attached hydrogens (primary N) is 1. The minimum Gasteiger partial charge on any atom is -0.397 e. The zero-order chi connectivity index (χ0) is 20.2. The lowest BCUT2D eigenvalue weighted by molar-refractivity contribution is 0.102. The Bertz CT molecular complexity index is 1020. The SMILES string of the molecule is Nc1ccccc1NC(=O)c1ccc(-c2ncc(CNC3CCC3)cc2Cl)cc1. The number of para-hydroxylation sites is 2. The molecule has 0 unspecified atom stereocenters. The molecule has 0 atom stereocenters. The Balaban J connectivity index is 1.44. The van der Waals surface area contributed by atoms with Crippen molar-refractivity contribution in [3.05, 3.63) is 76.9 Å². The number of aromatic nitrogens is 1. The van der Waals surface area contributed by atoms with Gasteiger partial charge in [-0.2, -0.15) is 0 Å². The van der Waals surface area contributed by atoms with Gasteiger partial charge in [-0.05, 0) is 48.7 Å². The van der Waals surface area contributed by atoms with E-state index < -0.39 is 0 Å². The van der Waals surface area contributed by atoms with Crippen molar-refractivity contribution in [1.82, 2.24) is 10.3 Å². The Morgan fingerprint density at radius 3 is 2.55 bits per heavy atom. The van der Waals surface area contributed by atoms with Crippen LogP contribution in [0.4, 0.5) is 11.4 Å². The first-order chi connectivity index (χ1) is 14.1. The van der Waals surface area contributed by atoms with Crippen LogP contribution in [0.15, 0.2) is 60.8 Å². The first kappa shape index (κ1) is 19.4. The van der Waals surface area contributed by atoms with Crippen molar-refractivity contribution in [2.75, 3.05) is 11.1 Å². The molecule has 1 aliphatic carbocycles. The molecule has 0 radical (unpaired) electrons. The maximum atomic E-state index is 12.5. The molecule has 4 N–H and O–H groups in total. The Labute approximate surface area is 175 Å². The van der Waals surface area contributed by atoms with Crippen LogP contribution >= 0.6 is 11.6 Å². The van der Waals surface area contributed by atoms with Gasteiger partial charge in [0.05, 0.1) is 22.1 Å². The van der Waals surface area contributed by atoms with Gasteiger partial charge in [0.2, 0.25) is 0 Å². The molecule has 3 aromatic rings. The molecule has 29 heavy (non-hydrogen) atoms. The third-order valence-electron chi connectivity index (χ3n) is 5.23. The fraction of sp³-hybridized carbons (Fsp3) is 0.217. The number of nitrogen functional groups attached to an aromatic ring is 1. The second kappa shape index (κ2) is 8.64. The number of anilines is 2. The fourth-order valence-corrected chi connectivity index (χ4v) is 3.54. The lowest BCUT2D eigenvalue weighted by Crippen LogP contribution is -2.34. The first-order valence-electron chi connectivity index (χ1n) is 9.74. The number of hydrogen-bond acceptors (Lipinski definition) is 4. The molecule has 1 saturated carbocycles. The number of halogens is 1. The zero-order valence-electron chi connectivity index (χ0n) is 16.0. The summed E-state index contributed by atoms with van der Waals surface area (Å²) in [4.78, 5) is 17.0. The molecule has 4 rings (SSSR count). The highest BCUT2D eigenvalue weighted by atomic mass is 35.5. The maximum absolute atomic E-state index is 12.5. The van der Waals surface area contributed by atoms with Gasteiger partial charge in [-0.1, -0.05) is 42.3 Å². The summed E-state index contributed by atoms with van der Waals surface area (Å²) in [6.07, 6.45) is 5.65.